The highest BCUT2D eigenvalue weighted by molar-refractivity contribution is 6.30. The van der Waals surface area contributed by atoms with Gasteiger partial charge in [-0.05, 0) is 30.2 Å². The van der Waals surface area contributed by atoms with Crippen molar-refractivity contribution in [2.24, 2.45) is 5.84 Å². The maximum absolute atomic E-state index is 6.00. The summed E-state index contributed by atoms with van der Waals surface area (Å²) in [5.74, 6) is 6.50. The maximum atomic E-state index is 6.00. The van der Waals surface area contributed by atoms with Crippen molar-refractivity contribution < 1.29 is 4.74 Å². The van der Waals surface area contributed by atoms with Crippen LogP contribution in [0, 0.1) is 0 Å². The fourth-order valence-corrected chi connectivity index (χ4v) is 2.33. The molecule has 0 aromatic heterocycles. The normalized spacial score (nSPS) is 12.2. The van der Waals surface area contributed by atoms with E-state index in [1.807, 2.05) is 48.5 Å². The molecular formula is C15H17ClN2O. The van der Waals surface area contributed by atoms with Crippen LogP contribution in [0.2, 0.25) is 5.02 Å². The van der Waals surface area contributed by atoms with Gasteiger partial charge < -0.3 is 4.74 Å². The molecule has 0 aliphatic rings. The van der Waals surface area contributed by atoms with Crippen molar-refractivity contribution in [1.29, 1.82) is 0 Å². The Labute approximate surface area is 118 Å². The zero-order valence-electron chi connectivity index (χ0n) is 10.8. The van der Waals surface area contributed by atoms with Gasteiger partial charge in [0.25, 0.3) is 0 Å². The summed E-state index contributed by atoms with van der Waals surface area (Å²) in [6.07, 6.45) is 0.747. The Kier molecular flexibility index (Phi) is 4.80. The van der Waals surface area contributed by atoms with E-state index < -0.39 is 0 Å². The second-order valence-corrected chi connectivity index (χ2v) is 4.73. The zero-order valence-corrected chi connectivity index (χ0v) is 11.5. The SMILES string of the molecule is COc1ccccc1C(Cc1cccc(Cl)c1)NN. The van der Waals surface area contributed by atoms with Crippen LogP contribution in [0.4, 0.5) is 0 Å². The van der Waals surface area contributed by atoms with E-state index in [0.29, 0.717) is 0 Å². The summed E-state index contributed by atoms with van der Waals surface area (Å²) < 4.78 is 5.37. The number of hydrazine groups is 1. The first kappa shape index (κ1) is 13.9. The molecule has 4 heteroatoms. The van der Waals surface area contributed by atoms with Gasteiger partial charge in [0.1, 0.15) is 5.75 Å². The number of benzene rings is 2. The van der Waals surface area contributed by atoms with Crippen LogP contribution in [0.1, 0.15) is 17.2 Å². The van der Waals surface area contributed by atoms with E-state index in [4.69, 9.17) is 22.2 Å². The number of hydrogen-bond donors (Lipinski definition) is 2. The average molecular weight is 277 g/mol. The van der Waals surface area contributed by atoms with E-state index in [9.17, 15) is 0 Å². The van der Waals surface area contributed by atoms with Gasteiger partial charge in [-0.2, -0.15) is 0 Å². The van der Waals surface area contributed by atoms with Gasteiger partial charge >= 0.3 is 0 Å². The molecule has 1 atom stereocenters. The van der Waals surface area contributed by atoms with Crippen LogP contribution >= 0.6 is 11.6 Å². The van der Waals surface area contributed by atoms with E-state index in [2.05, 4.69) is 5.43 Å². The quantitative estimate of drug-likeness (QED) is 0.652. The van der Waals surface area contributed by atoms with Crippen molar-refractivity contribution in [3.63, 3.8) is 0 Å². The lowest BCUT2D eigenvalue weighted by Crippen LogP contribution is -2.29. The minimum atomic E-state index is -0.0189. The molecule has 0 amide bonds. The van der Waals surface area contributed by atoms with Gasteiger partial charge in [0.2, 0.25) is 0 Å². The molecule has 100 valence electrons. The molecule has 0 radical (unpaired) electrons. The summed E-state index contributed by atoms with van der Waals surface area (Å²) in [5.41, 5.74) is 5.00. The topological polar surface area (TPSA) is 47.3 Å². The van der Waals surface area contributed by atoms with Crippen LogP contribution in [0.25, 0.3) is 0 Å². The molecule has 19 heavy (non-hydrogen) atoms. The smallest absolute Gasteiger partial charge is 0.123 e. The summed E-state index contributed by atoms with van der Waals surface area (Å²) in [6, 6.07) is 15.6. The number of nitrogens with one attached hydrogen (secondary N) is 1. The summed E-state index contributed by atoms with van der Waals surface area (Å²) in [5, 5.41) is 0.730. The number of ether oxygens (including phenoxy) is 1. The fourth-order valence-electron chi connectivity index (χ4n) is 2.11. The Morgan fingerprint density at radius 1 is 1.21 bits per heavy atom. The molecule has 3 nitrogen and oxygen atoms in total. The number of rotatable bonds is 5. The lowest BCUT2D eigenvalue weighted by molar-refractivity contribution is 0.399. The standard InChI is InChI=1S/C15H17ClN2O/c1-19-15-8-3-2-7-13(15)14(18-17)10-11-5-4-6-12(16)9-11/h2-9,14,18H,10,17H2,1H3. The molecule has 0 heterocycles. The van der Waals surface area contributed by atoms with Crippen molar-refractivity contribution in [2.45, 2.75) is 12.5 Å². The van der Waals surface area contributed by atoms with E-state index in [1.165, 1.54) is 0 Å². The van der Waals surface area contributed by atoms with Gasteiger partial charge in [-0.3, -0.25) is 11.3 Å². The molecule has 0 saturated heterocycles. The number of para-hydroxylation sites is 1. The number of halogens is 1. The Hall–Kier alpha value is -1.55. The molecule has 0 saturated carbocycles. The molecule has 0 bridgehead atoms. The predicted molar refractivity (Wildman–Crippen MR) is 78.2 cm³/mol. The van der Waals surface area contributed by atoms with Crippen LogP contribution in [0.15, 0.2) is 48.5 Å². The minimum absolute atomic E-state index is 0.0189. The molecule has 0 aliphatic carbocycles. The highest BCUT2D eigenvalue weighted by Crippen LogP contribution is 2.27. The van der Waals surface area contributed by atoms with E-state index >= 15 is 0 Å². The summed E-state index contributed by atoms with van der Waals surface area (Å²) in [4.78, 5) is 0. The molecule has 2 rings (SSSR count). The maximum Gasteiger partial charge on any atom is 0.123 e. The van der Waals surface area contributed by atoms with Gasteiger partial charge in [-0.25, -0.2) is 0 Å². The first-order chi connectivity index (χ1) is 9.24. The molecule has 0 spiro atoms. The van der Waals surface area contributed by atoms with E-state index in [1.54, 1.807) is 7.11 Å². The predicted octanol–water partition coefficient (Wildman–Crippen LogP) is 3.10. The number of methoxy groups -OCH3 is 1. The number of nitrogens with two attached hydrogens (primary N) is 1. The van der Waals surface area contributed by atoms with E-state index in [0.717, 1.165) is 28.3 Å². The molecule has 2 aromatic carbocycles. The third-order valence-corrected chi connectivity index (χ3v) is 3.28. The molecule has 3 N–H and O–H groups in total. The van der Waals surface area contributed by atoms with Gasteiger partial charge in [-0.15, -0.1) is 0 Å². The molecule has 0 aliphatic heterocycles. The van der Waals surface area contributed by atoms with Crippen molar-refractivity contribution >= 4 is 11.6 Å². The minimum Gasteiger partial charge on any atom is -0.496 e. The molecule has 0 fully saturated rings. The first-order valence-electron chi connectivity index (χ1n) is 6.08. The second-order valence-electron chi connectivity index (χ2n) is 4.30. The third kappa shape index (κ3) is 3.47. The molecule has 1 unspecified atom stereocenters. The zero-order chi connectivity index (χ0) is 13.7. The number of hydrogen-bond acceptors (Lipinski definition) is 3. The Morgan fingerprint density at radius 2 is 2.00 bits per heavy atom. The van der Waals surface area contributed by atoms with Crippen LogP contribution in [0.5, 0.6) is 5.75 Å². The molecule has 2 aromatic rings. The van der Waals surface area contributed by atoms with E-state index in [-0.39, 0.29) is 6.04 Å². The lowest BCUT2D eigenvalue weighted by Gasteiger charge is -2.19. The van der Waals surface area contributed by atoms with Crippen molar-refractivity contribution in [2.75, 3.05) is 7.11 Å². The Balaban J connectivity index is 2.25. The third-order valence-electron chi connectivity index (χ3n) is 3.04. The summed E-state index contributed by atoms with van der Waals surface area (Å²) in [7, 11) is 1.66. The lowest BCUT2D eigenvalue weighted by atomic mass is 9.98. The first-order valence-corrected chi connectivity index (χ1v) is 6.46. The molecular weight excluding hydrogens is 260 g/mol. The van der Waals surface area contributed by atoms with Gasteiger partial charge in [0.05, 0.1) is 13.2 Å². The Morgan fingerprint density at radius 3 is 2.68 bits per heavy atom. The second kappa shape index (κ2) is 6.57. The largest absolute Gasteiger partial charge is 0.496 e. The van der Waals surface area contributed by atoms with Crippen LogP contribution in [-0.4, -0.2) is 7.11 Å². The van der Waals surface area contributed by atoms with Crippen LogP contribution in [0.3, 0.4) is 0 Å². The highest BCUT2D eigenvalue weighted by atomic mass is 35.5. The van der Waals surface area contributed by atoms with Crippen molar-refractivity contribution in [1.82, 2.24) is 5.43 Å². The fraction of sp³-hybridized carbons (Fsp3) is 0.200. The van der Waals surface area contributed by atoms with Gasteiger partial charge in [0.15, 0.2) is 0 Å². The Bertz CT molecular complexity index is 545. The van der Waals surface area contributed by atoms with Crippen molar-refractivity contribution in [3.8, 4) is 5.75 Å². The monoisotopic (exact) mass is 276 g/mol. The average Bonchev–Trinajstić information content (AvgIpc) is 2.45. The summed E-state index contributed by atoms with van der Waals surface area (Å²) in [6.45, 7) is 0. The summed E-state index contributed by atoms with van der Waals surface area (Å²) >= 11 is 6.00. The van der Waals surface area contributed by atoms with Gasteiger partial charge in [0, 0.05) is 10.6 Å². The van der Waals surface area contributed by atoms with Crippen LogP contribution < -0.4 is 16.0 Å². The van der Waals surface area contributed by atoms with Crippen LogP contribution in [-0.2, 0) is 6.42 Å². The van der Waals surface area contributed by atoms with Crippen molar-refractivity contribution in [3.05, 3.63) is 64.7 Å². The van der Waals surface area contributed by atoms with Gasteiger partial charge in [-0.1, -0.05) is 41.9 Å². The highest BCUT2D eigenvalue weighted by Gasteiger charge is 2.14.